The molecule has 1 aromatic rings. The van der Waals surface area contributed by atoms with Crippen LogP contribution in [0.1, 0.15) is 63.5 Å². The van der Waals surface area contributed by atoms with Crippen molar-refractivity contribution in [3.8, 4) is 5.75 Å². The van der Waals surface area contributed by atoms with Crippen molar-refractivity contribution >= 4 is 5.91 Å². The van der Waals surface area contributed by atoms with E-state index in [0.717, 1.165) is 63.8 Å². The maximum absolute atomic E-state index is 12.5. The first-order chi connectivity index (χ1) is 13.1. The van der Waals surface area contributed by atoms with Crippen LogP contribution in [0.5, 0.6) is 5.75 Å². The molecule has 1 saturated heterocycles. The Morgan fingerprint density at radius 1 is 1.30 bits per heavy atom. The average molecular weight is 375 g/mol. The molecule has 1 aliphatic carbocycles. The van der Waals surface area contributed by atoms with Crippen LogP contribution < -0.4 is 10.1 Å². The number of likely N-dealkylation sites (tertiary alicyclic amines) is 1. The van der Waals surface area contributed by atoms with Crippen LogP contribution in [-0.4, -0.2) is 48.3 Å². The summed E-state index contributed by atoms with van der Waals surface area (Å²) in [6.07, 6.45) is 6.98. The van der Waals surface area contributed by atoms with Gasteiger partial charge in [0.2, 0.25) is 5.91 Å². The van der Waals surface area contributed by atoms with Crippen molar-refractivity contribution in [1.29, 1.82) is 0 Å². The molecule has 0 aromatic heterocycles. The third-order valence-corrected chi connectivity index (χ3v) is 6.33. The van der Waals surface area contributed by atoms with Gasteiger partial charge in [0.25, 0.3) is 0 Å². The summed E-state index contributed by atoms with van der Waals surface area (Å²) in [6.45, 7) is 4.02. The van der Waals surface area contributed by atoms with E-state index in [1.165, 1.54) is 5.56 Å². The fourth-order valence-electron chi connectivity index (χ4n) is 4.81. The zero-order valence-corrected chi connectivity index (χ0v) is 16.7. The van der Waals surface area contributed by atoms with Crippen molar-refractivity contribution in [2.24, 2.45) is 5.92 Å². The van der Waals surface area contributed by atoms with Gasteiger partial charge in [0.15, 0.2) is 0 Å². The van der Waals surface area contributed by atoms with Gasteiger partial charge in [-0.1, -0.05) is 38.3 Å². The van der Waals surface area contributed by atoms with Crippen LogP contribution in [0.3, 0.4) is 0 Å². The topological polar surface area (TPSA) is 61.8 Å². The van der Waals surface area contributed by atoms with Gasteiger partial charge in [-0.15, -0.1) is 0 Å². The molecule has 0 unspecified atom stereocenters. The number of piperidine rings is 1. The summed E-state index contributed by atoms with van der Waals surface area (Å²) in [5, 5.41) is 14.3. The number of amides is 1. The molecule has 1 aromatic carbocycles. The fourth-order valence-corrected chi connectivity index (χ4v) is 4.81. The van der Waals surface area contributed by atoms with Gasteiger partial charge in [-0.25, -0.2) is 0 Å². The van der Waals surface area contributed by atoms with Crippen LogP contribution in [0.15, 0.2) is 24.3 Å². The Balaban J connectivity index is 1.81. The molecule has 3 atom stereocenters. The van der Waals surface area contributed by atoms with E-state index in [1.54, 1.807) is 7.11 Å². The number of nitrogens with one attached hydrogen (secondary N) is 1. The molecule has 1 amide bonds. The van der Waals surface area contributed by atoms with E-state index in [9.17, 15) is 9.90 Å². The number of fused-ring (bicyclic) bond motifs is 1. The average Bonchev–Trinajstić information content (AvgIpc) is 2.68. The Morgan fingerprint density at radius 3 is 2.78 bits per heavy atom. The van der Waals surface area contributed by atoms with Crippen molar-refractivity contribution in [3.63, 3.8) is 0 Å². The molecule has 1 heterocycles. The van der Waals surface area contributed by atoms with E-state index in [0.29, 0.717) is 6.54 Å². The van der Waals surface area contributed by atoms with E-state index >= 15 is 0 Å². The molecule has 1 saturated carbocycles. The van der Waals surface area contributed by atoms with Crippen LogP contribution in [0.2, 0.25) is 0 Å². The number of rotatable bonds is 7. The Labute approximate surface area is 163 Å². The highest BCUT2D eigenvalue weighted by molar-refractivity contribution is 5.78. The summed E-state index contributed by atoms with van der Waals surface area (Å²) >= 11 is 0. The lowest BCUT2D eigenvalue weighted by Gasteiger charge is -2.52. The second-order valence-corrected chi connectivity index (χ2v) is 8.10. The Hall–Kier alpha value is -1.59. The second-order valence-electron chi connectivity index (χ2n) is 8.10. The molecule has 2 aliphatic rings. The first kappa shape index (κ1) is 20.2. The van der Waals surface area contributed by atoms with Crippen molar-refractivity contribution in [1.82, 2.24) is 10.2 Å². The zero-order valence-electron chi connectivity index (χ0n) is 16.7. The molecular formula is C22H34N2O3. The molecule has 0 spiro atoms. The molecule has 5 heteroatoms. The third-order valence-electron chi connectivity index (χ3n) is 6.33. The smallest absolute Gasteiger partial charge is 0.234 e. The summed E-state index contributed by atoms with van der Waals surface area (Å²) in [5.74, 6) is 1.09. The van der Waals surface area contributed by atoms with E-state index in [-0.39, 0.29) is 17.9 Å². The zero-order chi connectivity index (χ0) is 19.3. The number of hydrogen-bond donors (Lipinski definition) is 2. The maximum Gasteiger partial charge on any atom is 0.234 e. The molecule has 1 aliphatic heterocycles. The summed E-state index contributed by atoms with van der Waals surface area (Å²) in [4.78, 5) is 14.7. The van der Waals surface area contributed by atoms with Crippen LogP contribution in [0, 0.1) is 5.92 Å². The van der Waals surface area contributed by atoms with Crippen molar-refractivity contribution in [2.45, 2.75) is 63.5 Å². The van der Waals surface area contributed by atoms with Crippen LogP contribution in [0.4, 0.5) is 0 Å². The molecule has 2 N–H and O–H groups in total. The number of carbonyl (C=O) groups is 1. The molecule has 5 nitrogen and oxygen atoms in total. The fraction of sp³-hybridized carbons (Fsp3) is 0.682. The van der Waals surface area contributed by atoms with Crippen molar-refractivity contribution in [3.05, 3.63) is 29.8 Å². The first-order valence-electron chi connectivity index (χ1n) is 10.4. The largest absolute Gasteiger partial charge is 0.497 e. The lowest BCUT2D eigenvalue weighted by atomic mass is 9.66. The summed E-state index contributed by atoms with van der Waals surface area (Å²) in [7, 11) is 1.67. The number of methoxy groups -OCH3 is 1. The Kier molecular flexibility index (Phi) is 6.77. The number of nitrogens with zero attached hydrogens (tertiary/aromatic N) is 1. The number of carbonyl (C=O) groups excluding carboxylic acids is 1. The lowest BCUT2D eigenvalue weighted by Crippen LogP contribution is -2.56. The van der Waals surface area contributed by atoms with Gasteiger partial charge in [0, 0.05) is 25.0 Å². The highest BCUT2D eigenvalue weighted by Gasteiger charge is 2.49. The van der Waals surface area contributed by atoms with Crippen molar-refractivity contribution in [2.75, 3.05) is 26.7 Å². The van der Waals surface area contributed by atoms with Gasteiger partial charge in [0.1, 0.15) is 5.75 Å². The summed E-state index contributed by atoms with van der Waals surface area (Å²) in [6, 6.07) is 8.21. The third kappa shape index (κ3) is 4.64. The van der Waals surface area contributed by atoms with Crippen LogP contribution in [0.25, 0.3) is 0 Å². The van der Waals surface area contributed by atoms with Gasteiger partial charge in [-0.05, 0) is 43.4 Å². The summed E-state index contributed by atoms with van der Waals surface area (Å²) in [5.41, 5.74) is 0.570. The minimum Gasteiger partial charge on any atom is -0.497 e. The SMILES string of the molecule is CCCCNC(=O)CN1CC[C@]2(O)CCCC[C@@H]2[C@H]1c1ccc(OC)cc1. The van der Waals surface area contributed by atoms with Gasteiger partial charge < -0.3 is 15.2 Å². The predicted molar refractivity (Wildman–Crippen MR) is 107 cm³/mol. The van der Waals surface area contributed by atoms with Crippen molar-refractivity contribution < 1.29 is 14.6 Å². The van der Waals surface area contributed by atoms with E-state index in [4.69, 9.17) is 4.74 Å². The number of unbranched alkanes of at least 4 members (excludes halogenated alkanes) is 1. The number of benzene rings is 1. The predicted octanol–water partition coefficient (Wildman–Crippen LogP) is 3.28. The number of hydrogen-bond acceptors (Lipinski definition) is 4. The minimum atomic E-state index is -0.599. The Morgan fingerprint density at radius 2 is 2.07 bits per heavy atom. The molecule has 0 bridgehead atoms. The van der Waals surface area contributed by atoms with Gasteiger partial charge in [-0.3, -0.25) is 9.69 Å². The normalized spacial score (nSPS) is 28.4. The Bertz CT molecular complexity index is 618. The molecule has 27 heavy (non-hydrogen) atoms. The molecule has 150 valence electrons. The van der Waals surface area contributed by atoms with Crippen LogP contribution in [-0.2, 0) is 4.79 Å². The van der Waals surface area contributed by atoms with E-state index < -0.39 is 5.60 Å². The standard InChI is InChI=1S/C22H34N2O3/c1-3-4-14-23-20(25)16-24-15-13-22(26)12-6-5-7-19(22)21(24)17-8-10-18(27-2)11-9-17/h8-11,19,21,26H,3-7,12-16H2,1-2H3,(H,23,25)/t19-,21-,22-/m1/s1. The van der Waals surface area contributed by atoms with Gasteiger partial charge in [0.05, 0.1) is 19.3 Å². The summed E-state index contributed by atoms with van der Waals surface area (Å²) < 4.78 is 5.30. The lowest BCUT2D eigenvalue weighted by molar-refractivity contribution is -0.137. The molecular weight excluding hydrogens is 340 g/mol. The molecule has 2 fully saturated rings. The molecule has 3 rings (SSSR count). The minimum absolute atomic E-state index is 0.0758. The van der Waals surface area contributed by atoms with Gasteiger partial charge >= 0.3 is 0 Å². The second kappa shape index (κ2) is 9.07. The highest BCUT2D eigenvalue weighted by Crippen LogP contribution is 2.49. The number of ether oxygens (including phenoxy) is 1. The number of aliphatic hydroxyl groups is 1. The van der Waals surface area contributed by atoms with Crippen LogP contribution >= 0.6 is 0 Å². The highest BCUT2D eigenvalue weighted by atomic mass is 16.5. The maximum atomic E-state index is 12.5. The van der Waals surface area contributed by atoms with Gasteiger partial charge in [-0.2, -0.15) is 0 Å². The first-order valence-corrected chi connectivity index (χ1v) is 10.4. The van der Waals surface area contributed by atoms with E-state index in [1.807, 2.05) is 12.1 Å². The monoisotopic (exact) mass is 374 g/mol. The van der Waals surface area contributed by atoms with E-state index in [2.05, 4.69) is 29.3 Å². The molecule has 0 radical (unpaired) electrons. The quantitative estimate of drug-likeness (QED) is 0.719.